The molecule has 2 atom stereocenters. The van der Waals surface area contributed by atoms with E-state index in [1.807, 2.05) is 4.90 Å². The van der Waals surface area contributed by atoms with Crippen LogP contribution in [-0.4, -0.2) is 36.0 Å². The molecule has 102 valence electrons. The Balaban J connectivity index is 1.79. The van der Waals surface area contributed by atoms with E-state index in [0.29, 0.717) is 27.7 Å². The molecule has 2 aliphatic heterocycles. The molecule has 1 N–H and O–H groups in total. The van der Waals surface area contributed by atoms with Gasteiger partial charge in [-0.05, 0) is 37.5 Å². The Morgan fingerprint density at radius 3 is 2.79 bits per heavy atom. The van der Waals surface area contributed by atoms with Gasteiger partial charge in [-0.25, -0.2) is 0 Å². The maximum absolute atomic E-state index is 12.5. The van der Waals surface area contributed by atoms with Gasteiger partial charge in [0.15, 0.2) is 0 Å². The van der Waals surface area contributed by atoms with Crippen molar-refractivity contribution < 1.29 is 4.79 Å². The third-order valence-corrected chi connectivity index (χ3v) is 4.52. The molecule has 5 heteroatoms. The molecule has 0 radical (unpaired) electrons. The van der Waals surface area contributed by atoms with Crippen LogP contribution in [0.1, 0.15) is 29.6 Å². The monoisotopic (exact) mass is 298 g/mol. The number of halogens is 2. The van der Waals surface area contributed by atoms with Crippen LogP contribution in [0.5, 0.6) is 0 Å². The van der Waals surface area contributed by atoms with E-state index in [9.17, 15) is 4.79 Å². The molecule has 1 aromatic rings. The van der Waals surface area contributed by atoms with Gasteiger partial charge in [-0.1, -0.05) is 23.2 Å². The Morgan fingerprint density at radius 2 is 2.00 bits per heavy atom. The van der Waals surface area contributed by atoms with Crippen molar-refractivity contribution in [1.82, 2.24) is 10.2 Å². The van der Waals surface area contributed by atoms with E-state index in [4.69, 9.17) is 23.2 Å². The van der Waals surface area contributed by atoms with Crippen LogP contribution >= 0.6 is 23.2 Å². The normalized spacial score (nSPS) is 26.3. The summed E-state index contributed by atoms with van der Waals surface area (Å²) in [5.41, 5.74) is 0.545. The number of carbonyl (C=O) groups is 1. The minimum Gasteiger partial charge on any atom is -0.337 e. The number of hydrogen-bond acceptors (Lipinski definition) is 2. The van der Waals surface area contributed by atoms with E-state index in [1.54, 1.807) is 18.2 Å². The summed E-state index contributed by atoms with van der Waals surface area (Å²) < 4.78 is 0. The van der Waals surface area contributed by atoms with Gasteiger partial charge >= 0.3 is 0 Å². The van der Waals surface area contributed by atoms with Crippen molar-refractivity contribution in [3.63, 3.8) is 0 Å². The molecule has 19 heavy (non-hydrogen) atoms. The van der Waals surface area contributed by atoms with Gasteiger partial charge in [0.25, 0.3) is 5.91 Å². The van der Waals surface area contributed by atoms with E-state index in [-0.39, 0.29) is 5.91 Å². The Kier molecular flexibility index (Phi) is 3.70. The summed E-state index contributed by atoms with van der Waals surface area (Å²) in [6.07, 6.45) is 3.41. The lowest BCUT2D eigenvalue weighted by Crippen LogP contribution is -2.39. The predicted molar refractivity (Wildman–Crippen MR) is 76.9 cm³/mol. The van der Waals surface area contributed by atoms with E-state index < -0.39 is 0 Å². The summed E-state index contributed by atoms with van der Waals surface area (Å²) in [5.74, 6) is 0.0102. The molecule has 2 heterocycles. The van der Waals surface area contributed by atoms with Gasteiger partial charge in [0.2, 0.25) is 0 Å². The highest BCUT2D eigenvalue weighted by atomic mass is 35.5. The van der Waals surface area contributed by atoms with E-state index >= 15 is 0 Å². The molecular weight excluding hydrogens is 283 g/mol. The van der Waals surface area contributed by atoms with E-state index in [2.05, 4.69) is 5.32 Å². The van der Waals surface area contributed by atoms with Crippen molar-refractivity contribution in [3.8, 4) is 0 Å². The smallest absolute Gasteiger partial charge is 0.255 e. The highest BCUT2D eigenvalue weighted by molar-refractivity contribution is 6.36. The molecule has 2 bridgehead atoms. The summed E-state index contributed by atoms with van der Waals surface area (Å²) in [5, 5.41) is 4.55. The van der Waals surface area contributed by atoms with Crippen molar-refractivity contribution >= 4 is 29.1 Å². The Morgan fingerprint density at radius 1 is 1.21 bits per heavy atom. The minimum absolute atomic E-state index is 0.0102. The van der Waals surface area contributed by atoms with Gasteiger partial charge in [0, 0.05) is 30.2 Å². The lowest BCUT2D eigenvalue weighted by Gasteiger charge is -2.24. The van der Waals surface area contributed by atoms with Crippen molar-refractivity contribution in [2.45, 2.75) is 31.3 Å². The predicted octanol–water partition coefficient (Wildman–Crippen LogP) is 2.96. The van der Waals surface area contributed by atoms with E-state index in [0.717, 1.165) is 25.9 Å². The molecule has 0 spiro atoms. The molecule has 1 aromatic carbocycles. The summed E-state index contributed by atoms with van der Waals surface area (Å²) in [6, 6.07) is 6.05. The number of nitrogens with zero attached hydrogens (tertiary/aromatic N) is 1. The van der Waals surface area contributed by atoms with Crippen LogP contribution in [-0.2, 0) is 0 Å². The lowest BCUT2D eigenvalue weighted by atomic mass is 10.1. The topological polar surface area (TPSA) is 32.3 Å². The van der Waals surface area contributed by atoms with Gasteiger partial charge in [-0.2, -0.15) is 0 Å². The molecule has 2 aliphatic rings. The largest absolute Gasteiger partial charge is 0.337 e. The average molecular weight is 299 g/mol. The number of carbonyl (C=O) groups excluding carboxylic acids is 1. The second-order valence-corrected chi connectivity index (χ2v) is 6.15. The Bertz CT molecular complexity index is 506. The number of nitrogens with one attached hydrogen (secondary N) is 1. The highest BCUT2D eigenvalue weighted by Gasteiger charge is 2.31. The quantitative estimate of drug-likeness (QED) is 0.864. The zero-order valence-corrected chi connectivity index (χ0v) is 12.0. The van der Waals surface area contributed by atoms with Gasteiger partial charge in [0.05, 0.1) is 10.6 Å². The van der Waals surface area contributed by atoms with Crippen molar-refractivity contribution in [2.75, 3.05) is 13.1 Å². The van der Waals surface area contributed by atoms with Crippen LogP contribution in [0, 0.1) is 0 Å². The average Bonchev–Trinajstić information content (AvgIpc) is 2.68. The van der Waals surface area contributed by atoms with Crippen LogP contribution in [0.25, 0.3) is 0 Å². The number of likely N-dealkylation sites (tertiary alicyclic amines) is 1. The van der Waals surface area contributed by atoms with Gasteiger partial charge in [-0.15, -0.1) is 0 Å². The SMILES string of the molecule is O=C(c1ccc(Cl)cc1Cl)N1CCC2CCC(C1)N2. The third-order valence-electron chi connectivity index (χ3n) is 3.97. The van der Waals surface area contributed by atoms with Crippen LogP contribution in [0.15, 0.2) is 18.2 Å². The molecule has 0 aromatic heterocycles. The Hall–Kier alpha value is -0.770. The summed E-state index contributed by atoms with van der Waals surface area (Å²) in [4.78, 5) is 14.4. The zero-order chi connectivity index (χ0) is 13.4. The van der Waals surface area contributed by atoms with Crippen LogP contribution in [0.3, 0.4) is 0 Å². The first kappa shape index (κ1) is 13.2. The molecule has 2 saturated heterocycles. The fourth-order valence-electron chi connectivity index (χ4n) is 2.96. The molecule has 2 fully saturated rings. The number of benzene rings is 1. The first-order valence-electron chi connectivity index (χ1n) is 6.64. The van der Waals surface area contributed by atoms with Crippen LogP contribution < -0.4 is 5.32 Å². The standard InChI is InChI=1S/C14H16Cl2N2O/c15-9-1-4-12(13(16)7-9)14(19)18-6-5-10-2-3-11(8-18)17-10/h1,4,7,10-11,17H,2-3,5-6,8H2. The molecule has 3 nitrogen and oxygen atoms in total. The molecule has 0 saturated carbocycles. The fourth-order valence-corrected chi connectivity index (χ4v) is 3.45. The van der Waals surface area contributed by atoms with Gasteiger partial charge in [0.1, 0.15) is 0 Å². The Labute approximate surface area is 122 Å². The highest BCUT2D eigenvalue weighted by Crippen LogP contribution is 2.25. The number of amides is 1. The fraction of sp³-hybridized carbons (Fsp3) is 0.500. The summed E-state index contributed by atoms with van der Waals surface area (Å²) in [7, 11) is 0. The minimum atomic E-state index is 0.0102. The molecule has 1 amide bonds. The first-order valence-corrected chi connectivity index (χ1v) is 7.39. The van der Waals surface area contributed by atoms with Crippen LogP contribution in [0.2, 0.25) is 10.0 Å². The molecule has 2 unspecified atom stereocenters. The van der Waals surface area contributed by atoms with Gasteiger partial charge in [-0.3, -0.25) is 4.79 Å². The molecule has 3 rings (SSSR count). The van der Waals surface area contributed by atoms with E-state index in [1.165, 1.54) is 6.42 Å². The summed E-state index contributed by atoms with van der Waals surface area (Å²) in [6.45, 7) is 1.57. The maximum atomic E-state index is 12.5. The third kappa shape index (κ3) is 2.73. The first-order chi connectivity index (χ1) is 9.13. The molecular formula is C14H16Cl2N2O. The van der Waals surface area contributed by atoms with Crippen LogP contribution in [0.4, 0.5) is 0 Å². The second kappa shape index (κ2) is 5.31. The number of rotatable bonds is 1. The summed E-state index contributed by atoms with van der Waals surface area (Å²) >= 11 is 12.0. The second-order valence-electron chi connectivity index (χ2n) is 5.30. The maximum Gasteiger partial charge on any atom is 0.255 e. The molecule has 0 aliphatic carbocycles. The zero-order valence-electron chi connectivity index (χ0n) is 10.5. The number of fused-ring (bicyclic) bond motifs is 2. The number of hydrogen-bond donors (Lipinski definition) is 1. The van der Waals surface area contributed by atoms with Crippen molar-refractivity contribution in [2.24, 2.45) is 0 Å². The van der Waals surface area contributed by atoms with Crippen molar-refractivity contribution in [3.05, 3.63) is 33.8 Å². The van der Waals surface area contributed by atoms with Crippen molar-refractivity contribution in [1.29, 1.82) is 0 Å². The lowest BCUT2D eigenvalue weighted by molar-refractivity contribution is 0.0748. The van der Waals surface area contributed by atoms with Gasteiger partial charge < -0.3 is 10.2 Å².